The molecule has 1 unspecified atom stereocenters. The molecule has 2 aliphatic heterocycles. The average Bonchev–Trinajstić information content (AvgIpc) is 3.30. The molecule has 2 aliphatic rings. The van der Waals surface area contributed by atoms with E-state index in [1.807, 2.05) is 29.4 Å². The number of piperazine rings is 1. The highest BCUT2D eigenvalue weighted by molar-refractivity contribution is 5.77. The van der Waals surface area contributed by atoms with E-state index in [1.165, 1.54) is 12.8 Å². The van der Waals surface area contributed by atoms with Crippen molar-refractivity contribution in [1.82, 2.24) is 19.4 Å². The zero-order chi connectivity index (χ0) is 17.1. The van der Waals surface area contributed by atoms with Crippen molar-refractivity contribution in [2.24, 2.45) is 0 Å². The summed E-state index contributed by atoms with van der Waals surface area (Å²) in [7, 11) is 0. The number of para-hydroxylation sites is 2. The van der Waals surface area contributed by atoms with Gasteiger partial charge in [0.25, 0.3) is 0 Å². The summed E-state index contributed by atoms with van der Waals surface area (Å²) < 4.78 is 7.78. The van der Waals surface area contributed by atoms with Gasteiger partial charge in [0.2, 0.25) is 5.91 Å². The smallest absolute Gasteiger partial charge is 0.224 e. The van der Waals surface area contributed by atoms with Crippen LogP contribution < -0.4 is 0 Å². The highest BCUT2D eigenvalue weighted by atomic mass is 16.5. The number of rotatable bonds is 5. The molecule has 0 bridgehead atoms. The Balaban J connectivity index is 1.25. The van der Waals surface area contributed by atoms with Gasteiger partial charge in [-0.3, -0.25) is 9.69 Å². The minimum Gasteiger partial charge on any atom is -0.377 e. The summed E-state index contributed by atoms with van der Waals surface area (Å²) in [6, 6.07) is 8.05. The van der Waals surface area contributed by atoms with Crippen molar-refractivity contribution in [3.8, 4) is 0 Å². The minimum absolute atomic E-state index is 0.245. The summed E-state index contributed by atoms with van der Waals surface area (Å²) in [6.45, 7) is 6.19. The van der Waals surface area contributed by atoms with Crippen molar-refractivity contribution < 1.29 is 9.53 Å². The molecule has 0 N–H and O–H groups in total. The van der Waals surface area contributed by atoms with Crippen molar-refractivity contribution in [2.45, 2.75) is 31.9 Å². The standard InChI is InChI=1S/C19H26N4O2/c24-19(7-8-23-15-20-17-5-1-2-6-18(17)23)22-11-9-21(10-12-22)14-16-4-3-13-25-16/h1-2,5-6,15-16H,3-4,7-14H2. The second-order valence-electron chi connectivity index (χ2n) is 6.99. The van der Waals surface area contributed by atoms with Crippen LogP contribution in [0.5, 0.6) is 0 Å². The van der Waals surface area contributed by atoms with Crippen molar-refractivity contribution >= 4 is 16.9 Å². The monoisotopic (exact) mass is 342 g/mol. The lowest BCUT2D eigenvalue weighted by Gasteiger charge is -2.35. The van der Waals surface area contributed by atoms with Gasteiger partial charge in [0.05, 0.1) is 23.5 Å². The van der Waals surface area contributed by atoms with Crippen LogP contribution in [0.2, 0.25) is 0 Å². The van der Waals surface area contributed by atoms with Gasteiger partial charge < -0.3 is 14.2 Å². The number of hydrogen-bond acceptors (Lipinski definition) is 4. The second kappa shape index (κ2) is 7.54. The number of hydrogen-bond donors (Lipinski definition) is 0. The molecule has 3 heterocycles. The quantitative estimate of drug-likeness (QED) is 0.831. The van der Waals surface area contributed by atoms with Crippen LogP contribution in [0.4, 0.5) is 0 Å². The van der Waals surface area contributed by atoms with E-state index in [4.69, 9.17) is 4.74 Å². The number of carbonyl (C=O) groups excluding carboxylic acids is 1. The van der Waals surface area contributed by atoms with Crippen LogP contribution in [-0.4, -0.2) is 70.7 Å². The number of fused-ring (bicyclic) bond motifs is 1. The first kappa shape index (κ1) is 16.5. The molecule has 0 aliphatic carbocycles. The molecule has 1 amide bonds. The van der Waals surface area contributed by atoms with E-state index in [0.717, 1.165) is 50.4 Å². The molecule has 6 nitrogen and oxygen atoms in total. The van der Waals surface area contributed by atoms with E-state index in [2.05, 4.69) is 20.5 Å². The van der Waals surface area contributed by atoms with E-state index in [-0.39, 0.29) is 5.91 Å². The Bertz CT molecular complexity index is 715. The Labute approximate surface area is 148 Å². The summed E-state index contributed by atoms with van der Waals surface area (Å²) in [5, 5.41) is 0. The van der Waals surface area contributed by atoms with Gasteiger partial charge in [-0.15, -0.1) is 0 Å². The van der Waals surface area contributed by atoms with Crippen LogP contribution in [0.25, 0.3) is 11.0 Å². The first-order valence-electron chi connectivity index (χ1n) is 9.31. The Morgan fingerprint density at radius 3 is 2.84 bits per heavy atom. The second-order valence-corrected chi connectivity index (χ2v) is 6.99. The van der Waals surface area contributed by atoms with Crippen molar-refractivity contribution in [3.05, 3.63) is 30.6 Å². The average molecular weight is 342 g/mol. The molecule has 2 aromatic rings. The molecule has 25 heavy (non-hydrogen) atoms. The maximum atomic E-state index is 12.5. The molecule has 0 radical (unpaired) electrons. The van der Waals surface area contributed by atoms with Crippen LogP contribution in [-0.2, 0) is 16.1 Å². The number of carbonyl (C=O) groups is 1. The van der Waals surface area contributed by atoms with E-state index in [9.17, 15) is 4.79 Å². The zero-order valence-corrected chi connectivity index (χ0v) is 14.6. The Morgan fingerprint density at radius 2 is 2.04 bits per heavy atom. The molecule has 0 saturated carbocycles. The topological polar surface area (TPSA) is 50.6 Å². The Morgan fingerprint density at radius 1 is 1.20 bits per heavy atom. The fraction of sp³-hybridized carbons (Fsp3) is 0.579. The molecule has 1 aromatic heterocycles. The molecule has 2 fully saturated rings. The molecular formula is C19H26N4O2. The van der Waals surface area contributed by atoms with Gasteiger partial charge in [-0.1, -0.05) is 12.1 Å². The molecule has 2 saturated heterocycles. The van der Waals surface area contributed by atoms with Gasteiger partial charge in [0, 0.05) is 52.3 Å². The molecular weight excluding hydrogens is 316 g/mol. The number of imidazole rings is 1. The van der Waals surface area contributed by atoms with Crippen molar-refractivity contribution in [1.29, 1.82) is 0 Å². The lowest BCUT2D eigenvalue weighted by molar-refractivity contribution is -0.133. The molecule has 6 heteroatoms. The van der Waals surface area contributed by atoms with Crippen molar-refractivity contribution in [3.63, 3.8) is 0 Å². The third-order valence-corrected chi connectivity index (χ3v) is 5.30. The highest BCUT2D eigenvalue weighted by Gasteiger charge is 2.24. The lowest BCUT2D eigenvalue weighted by atomic mass is 10.2. The van der Waals surface area contributed by atoms with E-state index < -0.39 is 0 Å². The number of aryl methyl sites for hydroxylation is 1. The minimum atomic E-state index is 0.245. The number of aromatic nitrogens is 2. The van der Waals surface area contributed by atoms with Gasteiger partial charge in [-0.2, -0.15) is 0 Å². The summed E-state index contributed by atoms with van der Waals surface area (Å²) in [4.78, 5) is 21.4. The summed E-state index contributed by atoms with van der Waals surface area (Å²) in [5.41, 5.74) is 2.08. The maximum Gasteiger partial charge on any atom is 0.224 e. The Hall–Kier alpha value is -1.92. The van der Waals surface area contributed by atoms with Crippen LogP contribution in [0.15, 0.2) is 30.6 Å². The van der Waals surface area contributed by atoms with Gasteiger partial charge >= 0.3 is 0 Å². The predicted octanol–water partition coefficient (Wildman–Crippen LogP) is 1.75. The highest BCUT2D eigenvalue weighted by Crippen LogP contribution is 2.15. The van der Waals surface area contributed by atoms with E-state index >= 15 is 0 Å². The molecule has 1 atom stereocenters. The number of benzene rings is 1. The fourth-order valence-electron chi connectivity index (χ4n) is 3.82. The summed E-state index contributed by atoms with van der Waals surface area (Å²) in [6.07, 6.45) is 5.13. The summed E-state index contributed by atoms with van der Waals surface area (Å²) in [5.74, 6) is 0.245. The SMILES string of the molecule is O=C(CCn1cnc2ccccc21)N1CCN(CC2CCCO2)CC1. The van der Waals surface area contributed by atoms with Gasteiger partial charge in [-0.25, -0.2) is 4.98 Å². The van der Waals surface area contributed by atoms with Crippen molar-refractivity contribution in [2.75, 3.05) is 39.3 Å². The molecule has 134 valence electrons. The third kappa shape index (κ3) is 3.85. The number of nitrogens with zero attached hydrogens (tertiary/aromatic N) is 4. The predicted molar refractivity (Wildman–Crippen MR) is 96.3 cm³/mol. The van der Waals surface area contributed by atoms with Crippen LogP contribution >= 0.6 is 0 Å². The lowest BCUT2D eigenvalue weighted by Crippen LogP contribution is -2.50. The third-order valence-electron chi connectivity index (χ3n) is 5.30. The molecule has 1 aromatic carbocycles. The van der Waals surface area contributed by atoms with Crippen LogP contribution in [0.1, 0.15) is 19.3 Å². The first-order chi connectivity index (χ1) is 12.3. The largest absolute Gasteiger partial charge is 0.377 e. The maximum absolute atomic E-state index is 12.5. The molecule has 0 spiro atoms. The first-order valence-corrected chi connectivity index (χ1v) is 9.31. The van der Waals surface area contributed by atoms with E-state index in [1.54, 1.807) is 0 Å². The number of ether oxygens (including phenoxy) is 1. The molecule has 4 rings (SSSR count). The Kier molecular flexibility index (Phi) is 4.99. The van der Waals surface area contributed by atoms with Gasteiger partial charge in [0.1, 0.15) is 0 Å². The van der Waals surface area contributed by atoms with Crippen LogP contribution in [0.3, 0.4) is 0 Å². The normalized spacial score (nSPS) is 21.9. The van der Waals surface area contributed by atoms with Gasteiger partial charge in [0.15, 0.2) is 0 Å². The van der Waals surface area contributed by atoms with Crippen LogP contribution in [0, 0.1) is 0 Å². The number of amides is 1. The fourth-order valence-corrected chi connectivity index (χ4v) is 3.82. The zero-order valence-electron chi connectivity index (χ0n) is 14.6. The van der Waals surface area contributed by atoms with Gasteiger partial charge in [-0.05, 0) is 25.0 Å². The van der Waals surface area contributed by atoms with E-state index in [0.29, 0.717) is 19.1 Å². The summed E-state index contributed by atoms with van der Waals surface area (Å²) >= 11 is 0.